The molecule has 0 saturated carbocycles. The van der Waals surface area contributed by atoms with Crippen LogP contribution in [0.5, 0.6) is 5.75 Å². The van der Waals surface area contributed by atoms with Gasteiger partial charge in [-0.1, -0.05) is 6.92 Å². The second-order valence-electron chi connectivity index (χ2n) is 4.61. The summed E-state index contributed by atoms with van der Waals surface area (Å²) < 4.78 is 5.79. The highest BCUT2D eigenvalue weighted by Gasteiger charge is 2.27. The number of carbonyl (C=O) groups is 1. The van der Waals surface area contributed by atoms with Gasteiger partial charge in [-0.05, 0) is 30.9 Å². The average Bonchev–Trinajstić information content (AvgIpc) is 3.01. The third-order valence-electron chi connectivity index (χ3n) is 3.09. The van der Waals surface area contributed by atoms with E-state index in [2.05, 4.69) is 20.0 Å². The Morgan fingerprint density at radius 1 is 1.23 bits per heavy atom. The molecule has 0 spiro atoms. The molecule has 0 unspecified atom stereocenters. The van der Waals surface area contributed by atoms with E-state index >= 15 is 0 Å². The quantitative estimate of drug-likeness (QED) is 0.783. The van der Waals surface area contributed by atoms with E-state index in [9.17, 15) is 4.79 Å². The van der Waals surface area contributed by atoms with E-state index in [1.165, 1.54) is 6.34 Å². The zero-order valence-corrected chi connectivity index (χ0v) is 13.1. The minimum Gasteiger partial charge on any atom is -0.493 e. The summed E-state index contributed by atoms with van der Waals surface area (Å²) in [5, 5.41) is 0. The number of hydrogen-bond acceptors (Lipinski definition) is 6. The average molecular weight is 314 g/mol. The van der Waals surface area contributed by atoms with Gasteiger partial charge in [0.25, 0.3) is 0 Å². The van der Waals surface area contributed by atoms with Crippen LogP contribution in [0.15, 0.2) is 43.1 Å². The van der Waals surface area contributed by atoms with Gasteiger partial charge in [0.15, 0.2) is 17.4 Å². The first-order chi connectivity index (χ1) is 10.7. The monoisotopic (exact) mass is 314 g/mol. The lowest BCUT2D eigenvalue weighted by molar-refractivity contribution is -0.111. The van der Waals surface area contributed by atoms with E-state index < -0.39 is 5.91 Å². The third-order valence-corrected chi connectivity index (χ3v) is 3.82. The van der Waals surface area contributed by atoms with Crippen molar-refractivity contribution < 1.29 is 9.53 Å². The van der Waals surface area contributed by atoms with E-state index in [1.54, 1.807) is 11.8 Å². The largest absolute Gasteiger partial charge is 0.493 e. The lowest BCUT2D eigenvalue weighted by Gasteiger charge is -2.14. The van der Waals surface area contributed by atoms with Gasteiger partial charge in [-0.3, -0.25) is 4.79 Å². The summed E-state index contributed by atoms with van der Waals surface area (Å²) in [5.41, 5.74) is 0.883. The molecule has 0 bridgehead atoms. The van der Waals surface area contributed by atoms with E-state index in [1.807, 2.05) is 31.4 Å². The lowest BCUT2D eigenvalue weighted by Crippen LogP contribution is -2.26. The van der Waals surface area contributed by atoms with Gasteiger partial charge in [0.1, 0.15) is 12.1 Å². The topological polar surface area (TPSA) is 75.7 Å². The molecule has 3 rings (SSSR count). The molecule has 1 aromatic carbocycles. The highest BCUT2D eigenvalue weighted by atomic mass is 32.2. The normalized spacial score (nSPS) is 16.1. The second-order valence-corrected chi connectivity index (χ2v) is 5.49. The molecule has 0 atom stereocenters. The molecule has 0 saturated heterocycles. The van der Waals surface area contributed by atoms with Gasteiger partial charge >= 0.3 is 5.91 Å². The molecule has 6 nitrogen and oxygen atoms in total. The van der Waals surface area contributed by atoms with Gasteiger partial charge in [-0.2, -0.15) is 4.99 Å². The number of thioether (sulfide) groups is 1. The summed E-state index contributed by atoms with van der Waals surface area (Å²) in [6, 6.07) is 5.76. The Balaban J connectivity index is 2.02. The van der Waals surface area contributed by atoms with Gasteiger partial charge in [-0.15, -0.1) is 11.8 Å². The molecule has 2 heterocycles. The minimum absolute atomic E-state index is 0.195. The summed E-state index contributed by atoms with van der Waals surface area (Å²) in [6.45, 7) is 2.63. The van der Waals surface area contributed by atoms with Crippen LogP contribution in [-0.4, -0.2) is 42.5 Å². The number of hydrogen-bond donors (Lipinski definition) is 0. The predicted octanol–water partition coefficient (Wildman–Crippen LogP) is 2.37. The predicted molar refractivity (Wildman–Crippen MR) is 88.9 cm³/mol. The van der Waals surface area contributed by atoms with Gasteiger partial charge < -0.3 is 4.74 Å². The van der Waals surface area contributed by atoms with Crippen LogP contribution in [0.25, 0.3) is 0 Å². The molecule has 7 heteroatoms. The Kier molecular flexibility index (Phi) is 4.15. The Hall–Kier alpha value is -2.28. The number of amides is 1. The zero-order chi connectivity index (χ0) is 15.5. The molecule has 22 heavy (non-hydrogen) atoms. The van der Waals surface area contributed by atoms with Gasteiger partial charge in [0.05, 0.1) is 12.2 Å². The number of aliphatic imine (C=N–C) groups is 4. The van der Waals surface area contributed by atoms with Crippen LogP contribution in [0, 0.1) is 0 Å². The summed E-state index contributed by atoms with van der Waals surface area (Å²) in [5.74, 6) is 0.877. The number of rotatable bonds is 5. The fourth-order valence-corrected chi connectivity index (χ4v) is 2.46. The summed E-state index contributed by atoms with van der Waals surface area (Å²) in [4.78, 5) is 29.2. The summed E-state index contributed by atoms with van der Waals surface area (Å²) in [7, 11) is 0. The first kappa shape index (κ1) is 14.6. The summed E-state index contributed by atoms with van der Waals surface area (Å²) in [6.07, 6.45) is 4.20. The van der Waals surface area contributed by atoms with Crippen LogP contribution in [0.4, 0.5) is 0 Å². The highest BCUT2D eigenvalue weighted by molar-refractivity contribution is 7.98. The molecule has 0 aliphatic carbocycles. The maximum absolute atomic E-state index is 12.0. The van der Waals surface area contributed by atoms with Crippen molar-refractivity contribution in [2.45, 2.75) is 18.2 Å². The SMILES string of the molecule is CCCOc1cc(SC)ccc1C1=NC(=O)C2=NC=NC2=N1. The summed E-state index contributed by atoms with van der Waals surface area (Å²) >= 11 is 1.62. The standard InChI is InChI=1S/C15H14N4O2S/c1-3-6-21-11-7-9(22-2)4-5-10(11)13-18-14-12(15(20)19-13)16-8-17-14/h4-5,7-8H,3,6H2,1-2H3. The fraction of sp³-hybridized carbons (Fsp3) is 0.267. The van der Waals surface area contributed by atoms with Crippen LogP contribution in [0.1, 0.15) is 18.9 Å². The first-order valence-corrected chi connectivity index (χ1v) is 8.09. The number of amidine groups is 2. The van der Waals surface area contributed by atoms with E-state index in [4.69, 9.17) is 4.74 Å². The third kappa shape index (κ3) is 2.71. The van der Waals surface area contributed by atoms with Crippen LogP contribution >= 0.6 is 11.8 Å². The van der Waals surface area contributed by atoms with Crippen molar-refractivity contribution >= 4 is 41.4 Å². The molecule has 1 amide bonds. The van der Waals surface area contributed by atoms with Gasteiger partial charge in [0.2, 0.25) is 0 Å². The lowest BCUT2D eigenvalue weighted by atomic mass is 10.1. The smallest absolute Gasteiger partial charge is 0.301 e. The van der Waals surface area contributed by atoms with Crippen molar-refractivity contribution in [3.05, 3.63) is 23.8 Å². The number of ether oxygens (including phenoxy) is 1. The van der Waals surface area contributed by atoms with Crippen LogP contribution in [-0.2, 0) is 4.79 Å². The highest BCUT2D eigenvalue weighted by Crippen LogP contribution is 2.27. The van der Waals surface area contributed by atoms with Crippen LogP contribution < -0.4 is 4.74 Å². The van der Waals surface area contributed by atoms with Crippen LogP contribution in [0.2, 0.25) is 0 Å². The van der Waals surface area contributed by atoms with Gasteiger partial charge in [-0.25, -0.2) is 15.0 Å². The number of fused-ring (bicyclic) bond motifs is 1. The van der Waals surface area contributed by atoms with Crippen molar-refractivity contribution in [2.24, 2.45) is 20.0 Å². The molecule has 0 radical (unpaired) electrons. The maximum Gasteiger partial charge on any atom is 0.301 e. The van der Waals surface area contributed by atoms with E-state index in [-0.39, 0.29) is 5.71 Å². The maximum atomic E-state index is 12.0. The van der Waals surface area contributed by atoms with Gasteiger partial charge in [0, 0.05) is 4.90 Å². The Morgan fingerprint density at radius 3 is 2.86 bits per heavy atom. The van der Waals surface area contributed by atoms with Crippen molar-refractivity contribution in [1.82, 2.24) is 0 Å². The minimum atomic E-state index is -0.423. The molecule has 1 aromatic rings. The second kappa shape index (κ2) is 6.23. The Bertz CT molecular complexity index is 750. The molecule has 0 N–H and O–H groups in total. The van der Waals surface area contributed by atoms with Crippen molar-refractivity contribution in [2.75, 3.05) is 12.9 Å². The van der Waals surface area contributed by atoms with Crippen molar-refractivity contribution in [1.29, 1.82) is 0 Å². The van der Waals surface area contributed by atoms with E-state index in [0.717, 1.165) is 11.3 Å². The molecule has 0 aromatic heterocycles. The van der Waals surface area contributed by atoms with Crippen molar-refractivity contribution in [3.8, 4) is 5.75 Å². The molecule has 112 valence electrons. The first-order valence-electron chi connectivity index (χ1n) is 6.86. The van der Waals surface area contributed by atoms with E-state index in [0.29, 0.717) is 29.6 Å². The molecular weight excluding hydrogens is 300 g/mol. The number of carbonyl (C=O) groups excluding carboxylic acids is 1. The molecule has 2 aliphatic rings. The molecule has 2 aliphatic heterocycles. The number of nitrogens with zero attached hydrogens (tertiary/aromatic N) is 4. The zero-order valence-electron chi connectivity index (χ0n) is 12.2. The molecule has 0 fully saturated rings. The number of benzene rings is 1. The Morgan fingerprint density at radius 2 is 2.09 bits per heavy atom. The van der Waals surface area contributed by atoms with Crippen molar-refractivity contribution in [3.63, 3.8) is 0 Å². The fourth-order valence-electron chi connectivity index (χ4n) is 2.03. The molecular formula is C15H14N4O2S. The Labute approximate surface area is 132 Å². The van der Waals surface area contributed by atoms with Crippen LogP contribution in [0.3, 0.4) is 0 Å².